The second-order valence-electron chi connectivity index (χ2n) is 10.1. The standard InChI is InChI=1S/C26H35NO/c1-17-13-18(2)15-20(14-17)23(28)27-12-11-19-9-10-21-22(16-19)25(5,6)26(7,8)24(21,3)4/h9-10,13-16H,11-12H2,1-8H3,(H,27,28). The van der Waals surface area contributed by atoms with Crippen molar-refractivity contribution < 1.29 is 4.79 Å². The van der Waals surface area contributed by atoms with Crippen molar-refractivity contribution in [2.75, 3.05) is 6.54 Å². The predicted molar refractivity (Wildman–Crippen MR) is 118 cm³/mol. The van der Waals surface area contributed by atoms with Crippen LogP contribution in [0.2, 0.25) is 0 Å². The average Bonchev–Trinajstić information content (AvgIpc) is 2.69. The molecule has 1 amide bonds. The van der Waals surface area contributed by atoms with Crippen molar-refractivity contribution in [2.24, 2.45) is 5.41 Å². The summed E-state index contributed by atoms with van der Waals surface area (Å²) < 4.78 is 0. The Labute approximate surface area is 170 Å². The van der Waals surface area contributed by atoms with E-state index in [1.807, 2.05) is 26.0 Å². The van der Waals surface area contributed by atoms with E-state index >= 15 is 0 Å². The fourth-order valence-corrected chi connectivity index (χ4v) is 4.79. The zero-order valence-corrected chi connectivity index (χ0v) is 18.8. The van der Waals surface area contributed by atoms with E-state index in [9.17, 15) is 4.79 Å². The average molecular weight is 378 g/mol. The van der Waals surface area contributed by atoms with Crippen molar-refractivity contribution in [2.45, 2.75) is 72.6 Å². The summed E-state index contributed by atoms with van der Waals surface area (Å²) in [4.78, 5) is 12.5. The Bertz CT molecular complexity index is 898. The minimum atomic E-state index is 0.00977. The Kier molecular flexibility index (Phi) is 4.98. The highest BCUT2D eigenvalue weighted by Gasteiger charge is 2.56. The van der Waals surface area contributed by atoms with Crippen LogP contribution in [0, 0.1) is 19.3 Å². The van der Waals surface area contributed by atoms with Gasteiger partial charge in [0.1, 0.15) is 0 Å². The highest BCUT2D eigenvalue weighted by molar-refractivity contribution is 5.94. The maximum atomic E-state index is 12.5. The predicted octanol–water partition coefficient (Wildman–Crippen LogP) is 5.87. The summed E-state index contributed by atoms with van der Waals surface area (Å²) in [5, 5.41) is 3.08. The largest absolute Gasteiger partial charge is 0.352 e. The molecule has 2 aromatic rings. The number of amides is 1. The molecule has 0 saturated heterocycles. The minimum Gasteiger partial charge on any atom is -0.352 e. The van der Waals surface area contributed by atoms with Crippen LogP contribution in [0.25, 0.3) is 0 Å². The molecule has 0 unspecified atom stereocenters. The lowest BCUT2D eigenvalue weighted by molar-refractivity contribution is 0.0954. The number of fused-ring (bicyclic) bond motifs is 1. The Morgan fingerprint density at radius 2 is 1.39 bits per heavy atom. The lowest BCUT2D eigenvalue weighted by Gasteiger charge is -2.44. The van der Waals surface area contributed by atoms with Gasteiger partial charge in [-0.15, -0.1) is 0 Å². The smallest absolute Gasteiger partial charge is 0.251 e. The van der Waals surface area contributed by atoms with E-state index in [1.54, 1.807) is 0 Å². The summed E-state index contributed by atoms with van der Waals surface area (Å²) in [5.41, 5.74) is 7.64. The van der Waals surface area contributed by atoms with Crippen molar-refractivity contribution in [3.63, 3.8) is 0 Å². The van der Waals surface area contributed by atoms with Crippen molar-refractivity contribution in [3.05, 3.63) is 69.8 Å². The minimum absolute atomic E-state index is 0.00977. The van der Waals surface area contributed by atoms with Gasteiger partial charge in [0, 0.05) is 12.1 Å². The molecule has 0 heterocycles. The summed E-state index contributed by atoms with van der Waals surface area (Å²) >= 11 is 0. The first-order valence-electron chi connectivity index (χ1n) is 10.4. The maximum Gasteiger partial charge on any atom is 0.251 e. The normalized spacial score (nSPS) is 18.6. The van der Waals surface area contributed by atoms with E-state index in [-0.39, 0.29) is 22.2 Å². The molecule has 1 aliphatic rings. The molecule has 0 radical (unpaired) electrons. The van der Waals surface area contributed by atoms with Gasteiger partial charge >= 0.3 is 0 Å². The molecule has 2 heteroatoms. The number of carbonyl (C=O) groups is 1. The third-order valence-electron chi connectivity index (χ3n) is 7.74. The molecule has 28 heavy (non-hydrogen) atoms. The summed E-state index contributed by atoms with van der Waals surface area (Å²) in [7, 11) is 0. The molecule has 0 atom stereocenters. The van der Waals surface area contributed by atoms with Gasteiger partial charge in [-0.3, -0.25) is 4.79 Å². The van der Waals surface area contributed by atoms with Gasteiger partial charge in [-0.05, 0) is 65.3 Å². The number of benzene rings is 2. The first kappa shape index (κ1) is 20.6. The lowest BCUT2D eigenvalue weighted by Crippen LogP contribution is -2.42. The van der Waals surface area contributed by atoms with Crippen LogP contribution < -0.4 is 5.32 Å². The molecule has 0 spiro atoms. The second kappa shape index (κ2) is 6.76. The van der Waals surface area contributed by atoms with Gasteiger partial charge in [0.25, 0.3) is 5.91 Å². The van der Waals surface area contributed by atoms with Crippen molar-refractivity contribution >= 4 is 5.91 Å². The third-order valence-corrected chi connectivity index (χ3v) is 7.74. The summed E-state index contributed by atoms with van der Waals surface area (Å²) in [5.74, 6) is 0.00977. The Morgan fingerprint density at radius 1 is 0.821 bits per heavy atom. The zero-order valence-electron chi connectivity index (χ0n) is 18.8. The third kappa shape index (κ3) is 3.17. The number of carbonyl (C=O) groups excluding carboxylic acids is 1. The molecule has 1 aliphatic carbocycles. The highest BCUT2D eigenvalue weighted by Crippen LogP contribution is 2.61. The van der Waals surface area contributed by atoms with Gasteiger partial charge in [-0.25, -0.2) is 0 Å². The van der Waals surface area contributed by atoms with Crippen LogP contribution in [0.4, 0.5) is 0 Å². The fourth-order valence-electron chi connectivity index (χ4n) is 4.79. The number of hydrogen-bond acceptors (Lipinski definition) is 1. The monoisotopic (exact) mass is 377 g/mol. The fraction of sp³-hybridized carbons (Fsp3) is 0.500. The first-order chi connectivity index (χ1) is 12.9. The van der Waals surface area contributed by atoms with Crippen molar-refractivity contribution in [1.82, 2.24) is 5.32 Å². The van der Waals surface area contributed by atoms with E-state index in [4.69, 9.17) is 0 Å². The molecule has 0 saturated carbocycles. The van der Waals surface area contributed by atoms with Gasteiger partial charge in [0.05, 0.1) is 0 Å². The molecule has 0 aromatic heterocycles. The zero-order chi connectivity index (χ0) is 20.9. The van der Waals surface area contributed by atoms with Crippen LogP contribution in [0.5, 0.6) is 0 Å². The van der Waals surface area contributed by atoms with Gasteiger partial charge in [-0.1, -0.05) is 76.9 Å². The van der Waals surface area contributed by atoms with Gasteiger partial charge in [0.15, 0.2) is 0 Å². The van der Waals surface area contributed by atoms with Crippen LogP contribution in [0.3, 0.4) is 0 Å². The van der Waals surface area contributed by atoms with E-state index < -0.39 is 0 Å². The number of hydrogen-bond donors (Lipinski definition) is 1. The lowest BCUT2D eigenvalue weighted by atomic mass is 9.59. The van der Waals surface area contributed by atoms with E-state index in [1.165, 1.54) is 16.7 Å². The molecule has 150 valence electrons. The van der Waals surface area contributed by atoms with Crippen molar-refractivity contribution in [3.8, 4) is 0 Å². The van der Waals surface area contributed by atoms with Crippen LogP contribution in [-0.4, -0.2) is 12.5 Å². The number of aryl methyl sites for hydroxylation is 2. The van der Waals surface area contributed by atoms with Crippen LogP contribution in [0.1, 0.15) is 79.7 Å². The molecule has 1 N–H and O–H groups in total. The van der Waals surface area contributed by atoms with E-state index in [0.29, 0.717) is 6.54 Å². The maximum absolute atomic E-state index is 12.5. The van der Waals surface area contributed by atoms with Crippen molar-refractivity contribution in [1.29, 1.82) is 0 Å². The van der Waals surface area contributed by atoms with Crippen LogP contribution >= 0.6 is 0 Å². The Balaban J connectivity index is 1.73. The quantitative estimate of drug-likeness (QED) is 0.709. The molecule has 0 aliphatic heterocycles. The second-order valence-corrected chi connectivity index (χ2v) is 10.1. The molecule has 2 aromatic carbocycles. The molecular formula is C26H35NO. The van der Waals surface area contributed by atoms with Crippen LogP contribution in [-0.2, 0) is 17.3 Å². The summed E-state index contributed by atoms with van der Waals surface area (Å²) in [6.45, 7) is 18.9. The van der Waals surface area contributed by atoms with Crippen LogP contribution in [0.15, 0.2) is 36.4 Å². The molecule has 2 nitrogen and oxygen atoms in total. The number of nitrogens with one attached hydrogen (secondary N) is 1. The molecular weight excluding hydrogens is 342 g/mol. The van der Waals surface area contributed by atoms with Gasteiger partial charge in [0.2, 0.25) is 0 Å². The van der Waals surface area contributed by atoms with E-state index in [0.717, 1.165) is 23.1 Å². The molecule has 0 fully saturated rings. The molecule has 0 bridgehead atoms. The molecule has 3 rings (SSSR count). The summed E-state index contributed by atoms with van der Waals surface area (Å²) in [6, 6.07) is 12.9. The summed E-state index contributed by atoms with van der Waals surface area (Å²) in [6.07, 6.45) is 0.848. The SMILES string of the molecule is Cc1cc(C)cc(C(=O)NCCc2ccc3c(c2)C(C)(C)C(C)(C)C3(C)C)c1. The first-order valence-corrected chi connectivity index (χ1v) is 10.4. The number of rotatable bonds is 4. The Morgan fingerprint density at radius 3 is 2.00 bits per heavy atom. The topological polar surface area (TPSA) is 29.1 Å². The van der Waals surface area contributed by atoms with Gasteiger partial charge in [-0.2, -0.15) is 0 Å². The highest BCUT2D eigenvalue weighted by atomic mass is 16.1. The Hall–Kier alpha value is -2.09. The van der Waals surface area contributed by atoms with Gasteiger partial charge < -0.3 is 5.32 Å². The van der Waals surface area contributed by atoms with E-state index in [2.05, 4.69) is 71.1 Å².